The van der Waals surface area contributed by atoms with Crippen molar-refractivity contribution in [3.8, 4) is 0 Å². The van der Waals surface area contributed by atoms with Crippen LogP contribution in [0.2, 0.25) is 0 Å². The lowest BCUT2D eigenvalue weighted by Crippen LogP contribution is -2.04. The number of carbonyl (C=O) groups is 1. The van der Waals surface area contributed by atoms with E-state index in [2.05, 4.69) is 0 Å². The molecule has 0 atom stereocenters. The first kappa shape index (κ1) is 6.86. The summed E-state index contributed by atoms with van der Waals surface area (Å²) < 4.78 is 12.2. The van der Waals surface area contributed by atoms with Crippen LogP contribution >= 0.6 is 0 Å². The van der Waals surface area contributed by atoms with Gasteiger partial charge in [0.15, 0.2) is 5.78 Å². The molecule has 0 saturated heterocycles. The molecule has 3 heteroatoms. The van der Waals surface area contributed by atoms with Gasteiger partial charge in [-0.2, -0.15) is 0 Å². The summed E-state index contributed by atoms with van der Waals surface area (Å²) in [6.45, 7) is 0. The fourth-order valence-electron chi connectivity index (χ4n) is 0.671. The molecule has 0 spiro atoms. The number of halogens is 1. The van der Waals surface area contributed by atoms with Crippen molar-refractivity contribution in [2.24, 2.45) is 0 Å². The highest BCUT2D eigenvalue weighted by molar-refractivity contribution is 6.18. The highest BCUT2D eigenvalue weighted by Gasteiger charge is 2.12. The van der Waals surface area contributed by atoms with Crippen LogP contribution in [-0.2, 0) is 9.59 Å². The monoisotopic (exact) mass is 139 g/mol. The molecule has 51 valence electrons. The van der Waals surface area contributed by atoms with E-state index in [9.17, 15) is 14.0 Å². The Morgan fingerprint density at radius 1 is 1.60 bits per heavy atom. The topological polar surface area (TPSA) is 34.1 Å². The lowest BCUT2D eigenvalue weighted by molar-refractivity contribution is -0.111. The Labute approximate surface area is 57.0 Å². The standard InChI is InChI=1S/C7H4FO2/c8-6-2-1-5(4-9)7(10)3-6/h1,3H,2H2. The molecule has 0 saturated carbocycles. The third-order valence-corrected chi connectivity index (χ3v) is 1.16. The van der Waals surface area contributed by atoms with E-state index in [-0.39, 0.29) is 12.0 Å². The van der Waals surface area contributed by atoms with E-state index in [1.807, 2.05) is 0 Å². The highest BCUT2D eigenvalue weighted by Crippen LogP contribution is 2.13. The van der Waals surface area contributed by atoms with Crippen molar-refractivity contribution >= 4 is 12.1 Å². The van der Waals surface area contributed by atoms with Gasteiger partial charge in [0, 0.05) is 12.5 Å². The Bertz CT molecular complexity index is 238. The molecule has 0 N–H and O–H groups in total. The van der Waals surface area contributed by atoms with E-state index < -0.39 is 11.6 Å². The van der Waals surface area contributed by atoms with Gasteiger partial charge >= 0.3 is 0 Å². The summed E-state index contributed by atoms with van der Waals surface area (Å²) in [7, 11) is 0. The first-order valence-electron chi connectivity index (χ1n) is 2.73. The summed E-state index contributed by atoms with van der Waals surface area (Å²) in [4.78, 5) is 20.5. The molecule has 0 aromatic rings. The number of hydrogen-bond donors (Lipinski definition) is 0. The Hall–Kier alpha value is -1.25. The van der Waals surface area contributed by atoms with Gasteiger partial charge in [0.25, 0.3) is 0 Å². The van der Waals surface area contributed by atoms with Crippen LogP contribution in [0.4, 0.5) is 4.39 Å². The van der Waals surface area contributed by atoms with Gasteiger partial charge in [-0.3, -0.25) is 9.59 Å². The van der Waals surface area contributed by atoms with Gasteiger partial charge < -0.3 is 0 Å². The average Bonchev–Trinajstić information content (AvgIpc) is 1.88. The van der Waals surface area contributed by atoms with Crippen molar-refractivity contribution in [2.75, 3.05) is 0 Å². The first-order chi connectivity index (χ1) is 4.74. The van der Waals surface area contributed by atoms with Crippen molar-refractivity contribution in [1.29, 1.82) is 0 Å². The van der Waals surface area contributed by atoms with Crippen molar-refractivity contribution in [3.63, 3.8) is 0 Å². The Morgan fingerprint density at radius 2 is 2.30 bits per heavy atom. The molecule has 0 unspecified atom stereocenters. The van der Waals surface area contributed by atoms with Crippen molar-refractivity contribution in [2.45, 2.75) is 6.42 Å². The predicted octanol–water partition coefficient (Wildman–Crippen LogP) is 0.849. The minimum Gasteiger partial charge on any atom is -0.289 e. The van der Waals surface area contributed by atoms with Crippen molar-refractivity contribution in [3.05, 3.63) is 23.6 Å². The predicted molar refractivity (Wildman–Crippen MR) is 32.6 cm³/mol. The molecule has 10 heavy (non-hydrogen) atoms. The largest absolute Gasteiger partial charge is 0.289 e. The van der Waals surface area contributed by atoms with Gasteiger partial charge in [-0.1, -0.05) is 6.08 Å². The Morgan fingerprint density at radius 3 is 2.80 bits per heavy atom. The molecule has 0 bridgehead atoms. The number of ketones is 1. The molecule has 0 aromatic carbocycles. The van der Waals surface area contributed by atoms with Gasteiger partial charge in [-0.15, -0.1) is 0 Å². The van der Waals surface area contributed by atoms with Crippen LogP contribution < -0.4 is 0 Å². The van der Waals surface area contributed by atoms with Gasteiger partial charge in [-0.25, -0.2) is 4.39 Å². The summed E-state index contributed by atoms with van der Waals surface area (Å²) in [5.74, 6) is -1.11. The highest BCUT2D eigenvalue weighted by atomic mass is 19.1. The Balaban J connectivity index is 2.85. The second kappa shape index (κ2) is 2.56. The van der Waals surface area contributed by atoms with Crippen LogP contribution in [0.3, 0.4) is 0 Å². The molecule has 1 radical (unpaired) electrons. The van der Waals surface area contributed by atoms with Crippen molar-refractivity contribution < 1.29 is 14.0 Å². The molecule has 1 rings (SSSR count). The van der Waals surface area contributed by atoms with Gasteiger partial charge in [0.05, 0.1) is 5.57 Å². The molecule has 0 aliphatic heterocycles. The van der Waals surface area contributed by atoms with E-state index in [0.29, 0.717) is 0 Å². The number of carbonyl (C=O) groups excluding carboxylic acids is 2. The summed E-state index contributed by atoms with van der Waals surface area (Å²) in [6.07, 6.45) is 3.48. The molecule has 0 amide bonds. The zero-order valence-corrected chi connectivity index (χ0v) is 5.06. The quantitative estimate of drug-likeness (QED) is 0.504. The molecule has 1 aliphatic carbocycles. The summed E-state index contributed by atoms with van der Waals surface area (Å²) in [5.41, 5.74) is -0.0820. The minimum atomic E-state index is -0.598. The zero-order valence-electron chi connectivity index (χ0n) is 5.06. The molecule has 0 heterocycles. The van der Waals surface area contributed by atoms with E-state index in [1.165, 1.54) is 12.4 Å². The maximum absolute atomic E-state index is 12.2. The summed E-state index contributed by atoms with van der Waals surface area (Å²) >= 11 is 0. The number of rotatable bonds is 1. The molecule has 2 nitrogen and oxygen atoms in total. The third kappa shape index (κ3) is 1.18. The van der Waals surface area contributed by atoms with Gasteiger partial charge in [0.2, 0.25) is 6.29 Å². The smallest absolute Gasteiger partial charge is 0.237 e. The fraction of sp³-hybridized carbons (Fsp3) is 0.143. The lowest BCUT2D eigenvalue weighted by atomic mass is 10.1. The molecule has 0 fully saturated rings. The second-order valence-corrected chi connectivity index (χ2v) is 1.88. The maximum Gasteiger partial charge on any atom is 0.237 e. The van der Waals surface area contributed by atoms with Crippen LogP contribution in [0.25, 0.3) is 0 Å². The van der Waals surface area contributed by atoms with Crippen LogP contribution in [0.5, 0.6) is 0 Å². The van der Waals surface area contributed by atoms with Crippen LogP contribution in [0.15, 0.2) is 23.6 Å². The van der Waals surface area contributed by atoms with E-state index in [0.717, 1.165) is 6.08 Å². The maximum atomic E-state index is 12.2. The van der Waals surface area contributed by atoms with Crippen LogP contribution in [-0.4, -0.2) is 12.1 Å². The van der Waals surface area contributed by atoms with Gasteiger partial charge in [0.1, 0.15) is 5.83 Å². The van der Waals surface area contributed by atoms with Gasteiger partial charge in [-0.05, 0) is 0 Å². The summed E-state index contributed by atoms with van der Waals surface area (Å²) in [6, 6.07) is 0. The number of allylic oxidation sites excluding steroid dienone is 4. The molecular formula is C7H4FO2. The molecular weight excluding hydrogens is 135 g/mol. The minimum absolute atomic E-state index is 0.0241. The van der Waals surface area contributed by atoms with Crippen LogP contribution in [0.1, 0.15) is 6.42 Å². The molecule has 1 aliphatic rings. The van der Waals surface area contributed by atoms with E-state index in [1.54, 1.807) is 0 Å². The van der Waals surface area contributed by atoms with Crippen molar-refractivity contribution in [1.82, 2.24) is 0 Å². The first-order valence-corrected chi connectivity index (χ1v) is 2.73. The normalized spacial score (nSPS) is 17.9. The van der Waals surface area contributed by atoms with E-state index in [4.69, 9.17) is 0 Å². The van der Waals surface area contributed by atoms with E-state index >= 15 is 0 Å². The fourth-order valence-corrected chi connectivity index (χ4v) is 0.671. The summed E-state index contributed by atoms with van der Waals surface area (Å²) in [5, 5.41) is 0. The number of hydrogen-bond acceptors (Lipinski definition) is 2. The third-order valence-electron chi connectivity index (χ3n) is 1.16. The average molecular weight is 139 g/mol. The SMILES string of the molecule is O=[C]C1=CCC(F)=CC1=O. The lowest BCUT2D eigenvalue weighted by Gasteiger charge is -1.99. The zero-order chi connectivity index (χ0) is 7.56. The molecule has 0 aromatic heterocycles. The van der Waals surface area contributed by atoms with Crippen LogP contribution in [0, 0.1) is 0 Å². The second-order valence-electron chi connectivity index (χ2n) is 1.88. The Kier molecular flexibility index (Phi) is 1.76.